The van der Waals surface area contributed by atoms with Crippen molar-refractivity contribution in [3.05, 3.63) is 112 Å². The summed E-state index contributed by atoms with van der Waals surface area (Å²) in [5, 5.41) is 29.5. The molecule has 0 unspecified atom stereocenters. The molecular weight excluding hydrogens is 606 g/mol. The molecule has 1 saturated carbocycles. The summed E-state index contributed by atoms with van der Waals surface area (Å²) in [4.78, 5) is 25.2. The van der Waals surface area contributed by atoms with Crippen LogP contribution in [0.1, 0.15) is 79.7 Å². The number of fused-ring (bicyclic) bond motifs is 1. The lowest BCUT2D eigenvalue weighted by molar-refractivity contribution is -0.138. The third kappa shape index (κ3) is 10.5. The molecule has 0 radical (unpaired) electrons. The van der Waals surface area contributed by atoms with Crippen molar-refractivity contribution in [1.82, 2.24) is 4.98 Å². The zero-order chi connectivity index (χ0) is 32.6. The predicted molar refractivity (Wildman–Crippen MR) is 185 cm³/mol. The van der Waals surface area contributed by atoms with Gasteiger partial charge in [0.25, 0.3) is 5.97 Å². The zero-order valence-corrected chi connectivity index (χ0v) is 27.4. The van der Waals surface area contributed by atoms with Crippen LogP contribution in [0.5, 0.6) is 0 Å². The van der Waals surface area contributed by atoms with E-state index in [0.29, 0.717) is 5.02 Å². The van der Waals surface area contributed by atoms with Crippen LogP contribution < -0.4 is 0 Å². The molecule has 0 aliphatic heterocycles. The fourth-order valence-corrected chi connectivity index (χ4v) is 7.09. The maximum Gasteiger partial charge on any atom is 0.303 e. The lowest BCUT2D eigenvalue weighted by atomic mass is 9.90. The number of carboxylic acid groups (broad SMARTS) is 2. The van der Waals surface area contributed by atoms with Crippen molar-refractivity contribution >= 4 is 58.4 Å². The van der Waals surface area contributed by atoms with Gasteiger partial charge < -0.3 is 15.3 Å². The van der Waals surface area contributed by atoms with Crippen LogP contribution >= 0.6 is 23.4 Å². The standard InChI is InChI=1S/C35H36ClNO3S.C2H4O2/c1-34(2,40)30-9-4-3-7-25(30)13-17-32(41-23-35(18-19-35)22-33(38)39)27-8-5-6-24(20-27)10-15-29-16-12-26-11-14-28(36)21-31(26)37-29;1-2(3)4/h3-12,14-16,20-21,32,40H,13,17-19,22-23H2,1-2H3,(H,38,39);1H3,(H,3,4)/b15-10+;/t32-;/m1./s1. The van der Waals surface area contributed by atoms with Gasteiger partial charge in [-0.25, -0.2) is 4.98 Å². The molecule has 8 heteroatoms. The van der Waals surface area contributed by atoms with Crippen LogP contribution in [0.25, 0.3) is 23.1 Å². The van der Waals surface area contributed by atoms with Crippen molar-refractivity contribution in [2.45, 2.75) is 63.7 Å². The van der Waals surface area contributed by atoms with Gasteiger partial charge in [0.15, 0.2) is 0 Å². The van der Waals surface area contributed by atoms with Crippen LogP contribution in [0.4, 0.5) is 0 Å². The Kier molecular flexibility index (Phi) is 11.5. The number of nitrogens with zero attached hydrogens (tertiary/aromatic N) is 1. The van der Waals surface area contributed by atoms with Crippen LogP contribution in [0, 0.1) is 5.41 Å². The van der Waals surface area contributed by atoms with E-state index >= 15 is 0 Å². The van der Waals surface area contributed by atoms with E-state index in [0.717, 1.165) is 71.6 Å². The highest BCUT2D eigenvalue weighted by Gasteiger charge is 2.44. The summed E-state index contributed by atoms with van der Waals surface area (Å²) in [6, 6.07) is 26.5. The molecule has 1 atom stereocenters. The highest BCUT2D eigenvalue weighted by molar-refractivity contribution is 7.99. The van der Waals surface area contributed by atoms with E-state index in [1.165, 1.54) is 5.56 Å². The Labute approximate surface area is 274 Å². The highest BCUT2D eigenvalue weighted by Crippen LogP contribution is 2.53. The number of carbonyl (C=O) groups is 2. The lowest BCUT2D eigenvalue weighted by Crippen LogP contribution is -2.18. The van der Waals surface area contributed by atoms with Crippen LogP contribution in [0.2, 0.25) is 5.02 Å². The number of hydrogen-bond donors (Lipinski definition) is 3. The van der Waals surface area contributed by atoms with Gasteiger partial charge in [0.05, 0.1) is 23.2 Å². The summed E-state index contributed by atoms with van der Waals surface area (Å²) in [6.07, 6.45) is 8.02. The van der Waals surface area contributed by atoms with Gasteiger partial charge >= 0.3 is 5.97 Å². The molecule has 45 heavy (non-hydrogen) atoms. The Morgan fingerprint density at radius 2 is 1.71 bits per heavy atom. The van der Waals surface area contributed by atoms with E-state index in [-0.39, 0.29) is 17.1 Å². The molecule has 4 aromatic rings. The average Bonchev–Trinajstić information content (AvgIpc) is 3.74. The molecule has 0 saturated heterocycles. The Morgan fingerprint density at radius 1 is 1.00 bits per heavy atom. The first-order valence-corrected chi connectivity index (χ1v) is 16.4. The van der Waals surface area contributed by atoms with Gasteiger partial charge in [-0.3, -0.25) is 9.59 Å². The van der Waals surface area contributed by atoms with Crippen molar-refractivity contribution in [2.24, 2.45) is 5.41 Å². The Morgan fingerprint density at radius 3 is 2.40 bits per heavy atom. The summed E-state index contributed by atoms with van der Waals surface area (Å²) >= 11 is 8.04. The van der Waals surface area contributed by atoms with Crippen molar-refractivity contribution in [3.63, 3.8) is 0 Å². The molecule has 1 aromatic heterocycles. The van der Waals surface area contributed by atoms with Crippen LogP contribution in [-0.2, 0) is 21.6 Å². The first-order chi connectivity index (χ1) is 21.3. The van der Waals surface area contributed by atoms with E-state index in [9.17, 15) is 15.0 Å². The van der Waals surface area contributed by atoms with Gasteiger partial charge in [-0.05, 0) is 91.5 Å². The van der Waals surface area contributed by atoms with Crippen LogP contribution in [0.15, 0.2) is 78.9 Å². The molecule has 1 aliphatic rings. The molecule has 1 fully saturated rings. The monoisotopic (exact) mass is 645 g/mol. The Bertz CT molecular complexity index is 1670. The Hall–Kier alpha value is -3.65. The van der Waals surface area contributed by atoms with Gasteiger partial charge in [-0.15, -0.1) is 0 Å². The number of halogens is 1. The van der Waals surface area contributed by atoms with E-state index in [4.69, 9.17) is 26.5 Å². The van der Waals surface area contributed by atoms with Crippen molar-refractivity contribution in [1.29, 1.82) is 0 Å². The molecule has 6 nitrogen and oxygen atoms in total. The third-order valence-corrected chi connectivity index (χ3v) is 9.76. The van der Waals surface area contributed by atoms with E-state index in [1.807, 2.05) is 74.1 Å². The van der Waals surface area contributed by atoms with Crippen molar-refractivity contribution < 1.29 is 24.9 Å². The van der Waals surface area contributed by atoms with Gasteiger partial charge in [0, 0.05) is 28.3 Å². The number of rotatable bonds is 12. The quantitative estimate of drug-likeness (QED) is 0.141. The van der Waals surface area contributed by atoms with Crippen molar-refractivity contribution in [2.75, 3.05) is 5.75 Å². The molecule has 1 heterocycles. The zero-order valence-electron chi connectivity index (χ0n) is 25.9. The fraction of sp³-hybridized carbons (Fsp3) is 0.324. The molecule has 5 rings (SSSR count). The minimum Gasteiger partial charge on any atom is -0.481 e. The van der Waals surface area contributed by atoms with Crippen LogP contribution in [0.3, 0.4) is 0 Å². The summed E-state index contributed by atoms with van der Waals surface area (Å²) in [5.74, 6) is -0.712. The molecule has 0 bridgehead atoms. The normalized spacial score (nSPS) is 14.5. The van der Waals surface area contributed by atoms with E-state index in [1.54, 1.807) is 0 Å². The van der Waals surface area contributed by atoms with Gasteiger partial charge in [0.2, 0.25) is 0 Å². The summed E-state index contributed by atoms with van der Waals surface area (Å²) in [7, 11) is 0. The van der Waals surface area contributed by atoms with Crippen molar-refractivity contribution in [3.8, 4) is 0 Å². The predicted octanol–water partition coefficient (Wildman–Crippen LogP) is 9.04. The second-order valence-electron chi connectivity index (χ2n) is 12.2. The molecule has 236 valence electrons. The summed E-state index contributed by atoms with van der Waals surface area (Å²) < 4.78 is 0. The fourth-order valence-electron chi connectivity index (χ4n) is 5.36. The number of thioether (sulfide) groups is 1. The second kappa shape index (κ2) is 15.1. The number of pyridine rings is 1. The number of hydrogen-bond acceptors (Lipinski definition) is 5. The topological polar surface area (TPSA) is 108 Å². The van der Waals surface area contributed by atoms with E-state index < -0.39 is 17.5 Å². The number of aromatic nitrogens is 1. The largest absolute Gasteiger partial charge is 0.481 e. The average molecular weight is 646 g/mol. The summed E-state index contributed by atoms with van der Waals surface area (Å²) in [6.45, 7) is 4.74. The molecule has 3 aromatic carbocycles. The maximum absolute atomic E-state index is 11.5. The second-order valence-corrected chi connectivity index (χ2v) is 13.8. The smallest absolute Gasteiger partial charge is 0.303 e. The molecule has 3 N–H and O–H groups in total. The van der Waals surface area contributed by atoms with Gasteiger partial charge in [-0.1, -0.05) is 78.3 Å². The van der Waals surface area contributed by atoms with Gasteiger partial charge in [0.1, 0.15) is 0 Å². The molecule has 1 aliphatic carbocycles. The summed E-state index contributed by atoms with van der Waals surface area (Å²) in [5.41, 5.74) is 5.15. The highest BCUT2D eigenvalue weighted by atomic mass is 35.5. The first kappa shape index (κ1) is 34.2. The SMILES string of the molecule is CC(=O)O.CC(C)(O)c1ccccc1CC[C@@H](SCC1(CC(=O)O)CC1)c1cccc(/C=C/c2ccc3ccc(Cl)cc3n2)c1. The maximum atomic E-state index is 11.5. The third-order valence-electron chi connectivity index (χ3n) is 7.83. The lowest BCUT2D eigenvalue weighted by Gasteiger charge is -2.24. The molecule has 0 amide bonds. The minimum atomic E-state index is -0.911. The number of aryl methyl sites for hydroxylation is 1. The van der Waals surface area contributed by atoms with E-state index in [2.05, 4.69) is 42.5 Å². The molecule has 0 spiro atoms. The number of aliphatic hydroxyl groups is 1. The first-order valence-electron chi connectivity index (χ1n) is 15.0. The minimum absolute atomic E-state index is 0.0814. The number of carboxylic acids is 2. The number of benzene rings is 3. The van der Waals surface area contributed by atoms with Gasteiger partial charge in [-0.2, -0.15) is 11.8 Å². The molecular formula is C37H40ClNO5S. The Balaban J connectivity index is 0.00000109. The van der Waals surface area contributed by atoms with Crippen LogP contribution in [-0.4, -0.2) is 38.0 Å². The number of aliphatic carboxylic acids is 2.